The first-order valence-electron chi connectivity index (χ1n) is 10.6. The zero-order valence-corrected chi connectivity index (χ0v) is 19.6. The van der Waals surface area contributed by atoms with E-state index in [0.717, 1.165) is 11.3 Å². The highest BCUT2D eigenvalue weighted by atomic mass is 32.1. The number of nitriles is 1. The van der Waals surface area contributed by atoms with Gasteiger partial charge in [0.05, 0.1) is 23.3 Å². The van der Waals surface area contributed by atoms with E-state index in [4.69, 9.17) is 13.9 Å². The lowest BCUT2D eigenvalue weighted by Gasteiger charge is -2.08. The second-order valence-electron chi connectivity index (χ2n) is 7.25. The van der Waals surface area contributed by atoms with Crippen LogP contribution in [0.4, 0.5) is 5.00 Å². The number of hydrogen-bond acceptors (Lipinski definition) is 9. The third-order valence-corrected chi connectivity index (χ3v) is 6.17. The highest BCUT2D eigenvalue weighted by Crippen LogP contribution is 2.33. The second kappa shape index (κ2) is 10.2. The summed E-state index contributed by atoms with van der Waals surface area (Å²) in [6.45, 7) is 2.85. The fourth-order valence-corrected chi connectivity index (χ4v) is 4.40. The minimum Gasteiger partial charge on any atom is -0.462 e. The molecule has 0 atom stereocenters. The number of hydrogen-bond donors (Lipinski definition) is 1. The van der Waals surface area contributed by atoms with Gasteiger partial charge in [-0.05, 0) is 43.7 Å². The third-order valence-electron chi connectivity index (χ3n) is 4.98. The van der Waals surface area contributed by atoms with Crippen molar-refractivity contribution in [3.05, 3.63) is 70.1 Å². The average molecular weight is 490 g/mol. The fourth-order valence-electron chi connectivity index (χ4n) is 3.33. The minimum atomic E-state index is -0.743. The Labute approximate surface area is 203 Å². The number of oxazole rings is 1. The van der Waals surface area contributed by atoms with Crippen LogP contribution in [0, 0.1) is 18.3 Å². The number of amides is 1. The predicted molar refractivity (Wildman–Crippen MR) is 128 cm³/mol. The summed E-state index contributed by atoms with van der Waals surface area (Å²) < 4.78 is 16.0. The fraction of sp³-hybridized carbons (Fsp3) is 0.160. The summed E-state index contributed by atoms with van der Waals surface area (Å²) in [5, 5.41) is 12.2. The van der Waals surface area contributed by atoms with Crippen LogP contribution in [0.2, 0.25) is 0 Å². The van der Waals surface area contributed by atoms with Crippen LogP contribution >= 0.6 is 11.3 Å². The topological polar surface area (TPSA) is 132 Å². The lowest BCUT2D eigenvalue weighted by Crippen LogP contribution is -2.21. The molecule has 0 saturated carbocycles. The van der Waals surface area contributed by atoms with Crippen LogP contribution in [0.3, 0.4) is 0 Å². The maximum absolute atomic E-state index is 12.8. The molecule has 0 aliphatic heterocycles. The molecular weight excluding hydrogens is 470 g/mol. The van der Waals surface area contributed by atoms with Crippen LogP contribution in [0.5, 0.6) is 0 Å². The summed E-state index contributed by atoms with van der Waals surface area (Å²) in [5.41, 5.74) is 2.39. The standard InChI is InChI=1S/C25H19N3O6S/c1-3-32-25(31)21-14(2)17(12-26)23(35-21)28-20(29)13-33-24(30)16-9-5-4-8-15(16)22-27-18-10-6-7-11-19(18)34-22/h4-11H,3,13H2,1-2H3,(H,28,29). The molecule has 0 fully saturated rings. The Bertz CT molecular complexity index is 1450. The molecule has 0 aliphatic carbocycles. The first kappa shape index (κ1) is 23.7. The van der Waals surface area contributed by atoms with E-state index >= 15 is 0 Å². The van der Waals surface area contributed by atoms with Gasteiger partial charge in [0, 0.05) is 0 Å². The molecule has 0 saturated heterocycles. The van der Waals surface area contributed by atoms with Crippen molar-refractivity contribution >= 4 is 45.3 Å². The van der Waals surface area contributed by atoms with Crippen molar-refractivity contribution < 1.29 is 28.3 Å². The smallest absolute Gasteiger partial charge is 0.348 e. The van der Waals surface area contributed by atoms with Crippen molar-refractivity contribution in [1.82, 2.24) is 4.98 Å². The van der Waals surface area contributed by atoms with E-state index in [1.54, 1.807) is 50.2 Å². The summed E-state index contributed by atoms with van der Waals surface area (Å²) in [6, 6.07) is 15.8. The number of benzene rings is 2. The molecule has 2 heterocycles. The quantitative estimate of drug-likeness (QED) is 0.369. The van der Waals surface area contributed by atoms with E-state index in [2.05, 4.69) is 10.3 Å². The monoisotopic (exact) mass is 489 g/mol. The zero-order valence-electron chi connectivity index (χ0n) is 18.8. The van der Waals surface area contributed by atoms with Gasteiger partial charge in [0.2, 0.25) is 5.89 Å². The Morgan fingerprint density at radius 2 is 1.83 bits per heavy atom. The van der Waals surface area contributed by atoms with Crippen LogP contribution in [0.15, 0.2) is 52.9 Å². The van der Waals surface area contributed by atoms with E-state index in [9.17, 15) is 19.6 Å². The number of thiophene rings is 1. The molecule has 35 heavy (non-hydrogen) atoms. The maximum Gasteiger partial charge on any atom is 0.348 e. The Morgan fingerprint density at radius 1 is 1.09 bits per heavy atom. The van der Waals surface area contributed by atoms with Crippen molar-refractivity contribution in [2.75, 3.05) is 18.5 Å². The summed E-state index contributed by atoms with van der Waals surface area (Å²) in [7, 11) is 0. The molecular formula is C25H19N3O6S. The number of ether oxygens (including phenoxy) is 2. The largest absolute Gasteiger partial charge is 0.462 e. The number of carbonyl (C=O) groups is 3. The van der Waals surface area contributed by atoms with Crippen molar-refractivity contribution in [3.8, 4) is 17.5 Å². The van der Waals surface area contributed by atoms with E-state index in [1.807, 2.05) is 18.2 Å². The molecule has 10 heteroatoms. The van der Waals surface area contributed by atoms with Crippen molar-refractivity contribution in [2.24, 2.45) is 0 Å². The molecule has 1 amide bonds. The molecule has 1 N–H and O–H groups in total. The van der Waals surface area contributed by atoms with Gasteiger partial charge in [-0.25, -0.2) is 14.6 Å². The SMILES string of the molecule is CCOC(=O)c1sc(NC(=O)COC(=O)c2ccccc2-c2nc3ccccc3o2)c(C#N)c1C. The second-order valence-corrected chi connectivity index (χ2v) is 8.27. The Hall–Kier alpha value is -4.49. The molecule has 0 spiro atoms. The van der Waals surface area contributed by atoms with Gasteiger partial charge in [0.15, 0.2) is 12.2 Å². The molecule has 0 aliphatic rings. The van der Waals surface area contributed by atoms with Crippen molar-refractivity contribution in [1.29, 1.82) is 5.26 Å². The van der Waals surface area contributed by atoms with Gasteiger partial charge in [-0.15, -0.1) is 11.3 Å². The van der Waals surface area contributed by atoms with Crippen LogP contribution in [0.25, 0.3) is 22.6 Å². The highest BCUT2D eigenvalue weighted by molar-refractivity contribution is 7.18. The lowest BCUT2D eigenvalue weighted by atomic mass is 10.1. The number of rotatable bonds is 7. The van der Waals surface area contributed by atoms with E-state index < -0.39 is 24.5 Å². The van der Waals surface area contributed by atoms with Gasteiger partial charge in [-0.3, -0.25) is 4.79 Å². The minimum absolute atomic E-state index is 0.152. The number of esters is 2. The highest BCUT2D eigenvalue weighted by Gasteiger charge is 2.23. The normalized spacial score (nSPS) is 10.5. The molecule has 0 radical (unpaired) electrons. The molecule has 2 aromatic heterocycles. The van der Waals surface area contributed by atoms with Gasteiger partial charge in [0.1, 0.15) is 21.5 Å². The van der Waals surface area contributed by atoms with Gasteiger partial charge in [0.25, 0.3) is 5.91 Å². The van der Waals surface area contributed by atoms with Gasteiger partial charge in [-0.2, -0.15) is 5.26 Å². The summed E-state index contributed by atoms with van der Waals surface area (Å²) in [6.07, 6.45) is 0. The molecule has 9 nitrogen and oxygen atoms in total. The first-order chi connectivity index (χ1) is 16.9. The average Bonchev–Trinajstić information content (AvgIpc) is 3.43. The summed E-state index contributed by atoms with van der Waals surface area (Å²) in [4.78, 5) is 42.0. The number of carbonyl (C=O) groups excluding carboxylic acids is 3. The number of fused-ring (bicyclic) bond motifs is 1. The van der Waals surface area contributed by atoms with Crippen LogP contribution in [0.1, 0.15) is 38.1 Å². The van der Waals surface area contributed by atoms with Crippen LogP contribution < -0.4 is 5.32 Å². The third kappa shape index (κ3) is 4.90. The molecule has 0 unspecified atom stereocenters. The molecule has 4 rings (SSSR count). The number of nitrogens with one attached hydrogen (secondary N) is 1. The number of aromatic nitrogens is 1. The zero-order chi connectivity index (χ0) is 24.9. The van der Waals surface area contributed by atoms with Gasteiger partial charge < -0.3 is 19.2 Å². The lowest BCUT2D eigenvalue weighted by molar-refractivity contribution is -0.119. The Morgan fingerprint density at radius 3 is 2.57 bits per heavy atom. The van der Waals surface area contributed by atoms with Crippen molar-refractivity contribution in [2.45, 2.75) is 13.8 Å². The number of para-hydroxylation sites is 2. The molecule has 0 bridgehead atoms. The Balaban J connectivity index is 1.47. The Kier molecular flexibility index (Phi) is 6.89. The summed E-state index contributed by atoms with van der Waals surface area (Å²) >= 11 is 0.929. The van der Waals surface area contributed by atoms with Gasteiger partial charge >= 0.3 is 11.9 Å². The molecule has 4 aromatic rings. The maximum atomic E-state index is 12.8. The van der Waals surface area contributed by atoms with E-state index in [1.165, 1.54) is 0 Å². The number of anilines is 1. The van der Waals surface area contributed by atoms with Crippen LogP contribution in [-0.4, -0.2) is 36.0 Å². The molecule has 2 aromatic carbocycles. The van der Waals surface area contributed by atoms with E-state index in [0.29, 0.717) is 22.2 Å². The first-order valence-corrected chi connectivity index (χ1v) is 11.4. The van der Waals surface area contributed by atoms with Crippen molar-refractivity contribution in [3.63, 3.8) is 0 Å². The number of nitrogens with zero attached hydrogens (tertiary/aromatic N) is 2. The predicted octanol–water partition coefficient (Wildman–Crippen LogP) is 4.71. The van der Waals surface area contributed by atoms with Gasteiger partial charge in [-0.1, -0.05) is 24.3 Å². The molecule has 176 valence electrons. The summed E-state index contributed by atoms with van der Waals surface area (Å²) in [5.74, 6) is -1.73. The van der Waals surface area contributed by atoms with E-state index in [-0.39, 0.29) is 33.5 Å². The van der Waals surface area contributed by atoms with Crippen LogP contribution in [-0.2, 0) is 14.3 Å².